The van der Waals surface area contributed by atoms with E-state index in [1.54, 1.807) is 0 Å². The van der Waals surface area contributed by atoms with Gasteiger partial charge in [-0.1, -0.05) is 39.3 Å². The molecule has 2 unspecified atom stereocenters. The van der Waals surface area contributed by atoms with Crippen LogP contribution in [0.2, 0.25) is 0 Å². The van der Waals surface area contributed by atoms with E-state index in [0.717, 1.165) is 13.0 Å². The van der Waals surface area contributed by atoms with Crippen molar-refractivity contribution in [3.05, 3.63) is 29.8 Å². The summed E-state index contributed by atoms with van der Waals surface area (Å²) in [7, 11) is 0. The molecule has 0 spiro atoms. The van der Waals surface area contributed by atoms with Crippen LogP contribution in [0.15, 0.2) is 24.3 Å². The molecule has 1 saturated heterocycles. The van der Waals surface area contributed by atoms with E-state index < -0.39 is 0 Å². The lowest BCUT2D eigenvalue weighted by atomic mass is 9.81. The summed E-state index contributed by atoms with van der Waals surface area (Å²) in [4.78, 5) is 29.8. The van der Waals surface area contributed by atoms with Crippen LogP contribution in [-0.2, 0) is 9.59 Å². The molecule has 2 rings (SSSR count). The van der Waals surface area contributed by atoms with E-state index >= 15 is 0 Å². The van der Waals surface area contributed by atoms with Crippen LogP contribution in [0.1, 0.15) is 52.5 Å². The summed E-state index contributed by atoms with van der Waals surface area (Å²) in [5.74, 6) is -0.576. The number of benzene rings is 1. The third-order valence-electron chi connectivity index (χ3n) is 5.77. The van der Waals surface area contributed by atoms with Gasteiger partial charge >= 0.3 is 0 Å². The molecular formula is C23H37N3O2. The number of hydrogen-bond donors (Lipinski definition) is 1. The maximum Gasteiger partial charge on any atom is 0.226 e. The zero-order valence-corrected chi connectivity index (χ0v) is 18.1. The van der Waals surface area contributed by atoms with Gasteiger partial charge < -0.3 is 15.5 Å². The molecule has 0 bridgehead atoms. The van der Waals surface area contributed by atoms with Gasteiger partial charge in [-0.2, -0.15) is 0 Å². The number of hydrogen-bond acceptors (Lipinski definition) is 3. The third kappa shape index (κ3) is 5.49. The summed E-state index contributed by atoms with van der Waals surface area (Å²) >= 11 is 0. The fourth-order valence-electron chi connectivity index (χ4n) is 4.38. The van der Waals surface area contributed by atoms with E-state index in [0.29, 0.717) is 31.8 Å². The van der Waals surface area contributed by atoms with Crippen molar-refractivity contribution in [2.75, 3.05) is 24.5 Å². The summed E-state index contributed by atoms with van der Waals surface area (Å²) < 4.78 is 0. The number of rotatable bonds is 8. The smallest absolute Gasteiger partial charge is 0.226 e. The lowest BCUT2D eigenvalue weighted by Crippen LogP contribution is -2.56. The quantitative estimate of drug-likeness (QED) is 0.741. The Labute approximate surface area is 170 Å². The van der Waals surface area contributed by atoms with Crippen LogP contribution in [0.4, 0.5) is 5.69 Å². The summed E-state index contributed by atoms with van der Waals surface area (Å²) in [6, 6.07) is 8.74. The molecule has 3 atom stereocenters. The van der Waals surface area contributed by atoms with Crippen LogP contribution in [0.5, 0.6) is 0 Å². The first-order chi connectivity index (χ1) is 13.2. The Bertz CT molecular complexity index is 674. The maximum atomic E-state index is 13.4. The highest BCUT2D eigenvalue weighted by Crippen LogP contribution is 2.29. The minimum Gasteiger partial charge on any atom is -0.369 e. The van der Waals surface area contributed by atoms with Gasteiger partial charge in [0.2, 0.25) is 11.8 Å². The standard InChI is InChI=1S/C23H37N3O2/c1-6-8-20(22(24)27)21(13-16(2)3)23(28)25-11-12-26(18(5)15-25)19-10-7-9-17(4)14-19/h7,9-10,14,16,18,20-21H,6,8,11-13,15H2,1-5H3,(H2,24,27)/t18-,20?,21?/m1/s1. The normalized spacial score (nSPS) is 19.6. The maximum absolute atomic E-state index is 13.4. The van der Waals surface area contributed by atoms with Crippen molar-refractivity contribution >= 4 is 17.5 Å². The summed E-state index contributed by atoms with van der Waals surface area (Å²) in [6.07, 6.45) is 2.24. The lowest BCUT2D eigenvalue weighted by molar-refractivity contribution is -0.142. The molecule has 2 N–H and O–H groups in total. The fourth-order valence-corrected chi connectivity index (χ4v) is 4.38. The Balaban J connectivity index is 2.14. The number of carbonyl (C=O) groups excluding carboxylic acids is 2. The minimum atomic E-state index is -0.370. The molecule has 0 saturated carbocycles. The van der Waals surface area contributed by atoms with E-state index in [4.69, 9.17) is 5.73 Å². The highest BCUT2D eigenvalue weighted by Gasteiger charge is 2.37. The van der Waals surface area contributed by atoms with Crippen molar-refractivity contribution in [3.63, 3.8) is 0 Å². The average molecular weight is 388 g/mol. The summed E-state index contributed by atoms with van der Waals surface area (Å²) in [6.45, 7) is 12.7. The number of amides is 2. The Morgan fingerprint density at radius 3 is 2.46 bits per heavy atom. The molecule has 156 valence electrons. The molecule has 28 heavy (non-hydrogen) atoms. The van der Waals surface area contributed by atoms with Crippen molar-refractivity contribution in [2.24, 2.45) is 23.5 Å². The number of aryl methyl sites for hydroxylation is 1. The first kappa shape index (κ1) is 22.3. The number of nitrogens with zero attached hydrogens (tertiary/aromatic N) is 2. The second-order valence-corrected chi connectivity index (χ2v) is 8.70. The number of nitrogens with two attached hydrogens (primary N) is 1. The molecule has 0 aliphatic carbocycles. The highest BCUT2D eigenvalue weighted by atomic mass is 16.2. The highest BCUT2D eigenvalue weighted by molar-refractivity contribution is 5.87. The molecule has 1 aromatic carbocycles. The SMILES string of the molecule is CCCC(C(N)=O)C(CC(C)C)C(=O)N1CCN(c2cccc(C)c2)[C@H](C)C1. The van der Waals surface area contributed by atoms with Crippen LogP contribution in [0.25, 0.3) is 0 Å². The summed E-state index contributed by atoms with van der Waals surface area (Å²) in [5, 5.41) is 0. The molecule has 5 heteroatoms. The van der Waals surface area contributed by atoms with Gasteiger partial charge in [0.1, 0.15) is 0 Å². The predicted octanol–water partition coefficient (Wildman–Crippen LogP) is 3.60. The van der Waals surface area contributed by atoms with Gasteiger partial charge in [-0.25, -0.2) is 0 Å². The van der Waals surface area contributed by atoms with Crippen molar-refractivity contribution < 1.29 is 9.59 Å². The van der Waals surface area contributed by atoms with Crippen molar-refractivity contribution in [3.8, 4) is 0 Å². The number of primary amides is 1. The number of anilines is 1. The van der Waals surface area contributed by atoms with E-state index in [-0.39, 0.29) is 29.7 Å². The van der Waals surface area contributed by atoms with Crippen LogP contribution < -0.4 is 10.6 Å². The van der Waals surface area contributed by atoms with E-state index in [9.17, 15) is 9.59 Å². The molecule has 1 fully saturated rings. The summed E-state index contributed by atoms with van der Waals surface area (Å²) in [5.41, 5.74) is 8.14. The van der Waals surface area contributed by atoms with Crippen LogP contribution in [-0.4, -0.2) is 42.4 Å². The van der Waals surface area contributed by atoms with Gasteiger partial charge in [0, 0.05) is 43.2 Å². The van der Waals surface area contributed by atoms with E-state index in [1.165, 1.54) is 11.3 Å². The van der Waals surface area contributed by atoms with Crippen molar-refractivity contribution in [2.45, 2.75) is 59.9 Å². The zero-order valence-electron chi connectivity index (χ0n) is 18.1. The minimum absolute atomic E-state index is 0.0988. The molecule has 5 nitrogen and oxygen atoms in total. The van der Waals surface area contributed by atoms with Crippen molar-refractivity contribution in [1.82, 2.24) is 4.90 Å². The predicted molar refractivity (Wildman–Crippen MR) is 115 cm³/mol. The first-order valence-electron chi connectivity index (χ1n) is 10.7. The van der Waals surface area contributed by atoms with Gasteiger partial charge in [0.15, 0.2) is 0 Å². The fraction of sp³-hybridized carbons (Fsp3) is 0.652. The largest absolute Gasteiger partial charge is 0.369 e. The van der Waals surface area contributed by atoms with Gasteiger partial charge in [-0.15, -0.1) is 0 Å². The molecule has 1 aromatic rings. The Morgan fingerprint density at radius 2 is 1.93 bits per heavy atom. The van der Waals surface area contributed by atoms with Crippen LogP contribution >= 0.6 is 0 Å². The van der Waals surface area contributed by atoms with E-state index in [1.807, 2.05) is 11.8 Å². The number of carbonyl (C=O) groups is 2. The second kappa shape index (κ2) is 9.94. The number of piperazine rings is 1. The van der Waals surface area contributed by atoms with Gasteiger partial charge in [0.05, 0.1) is 0 Å². The molecule has 2 amide bonds. The average Bonchev–Trinajstić information content (AvgIpc) is 2.63. The van der Waals surface area contributed by atoms with Crippen molar-refractivity contribution in [1.29, 1.82) is 0 Å². The van der Waals surface area contributed by atoms with E-state index in [2.05, 4.69) is 56.9 Å². The monoisotopic (exact) mass is 387 g/mol. The Kier molecular flexibility index (Phi) is 7.90. The Morgan fingerprint density at radius 1 is 1.21 bits per heavy atom. The molecule has 0 aromatic heterocycles. The molecule has 1 aliphatic rings. The molecule has 1 heterocycles. The lowest BCUT2D eigenvalue weighted by Gasteiger charge is -2.43. The van der Waals surface area contributed by atoms with Crippen LogP contribution in [0, 0.1) is 24.7 Å². The molecular weight excluding hydrogens is 350 g/mol. The zero-order chi connectivity index (χ0) is 20.8. The van der Waals surface area contributed by atoms with Crippen LogP contribution in [0.3, 0.4) is 0 Å². The molecule has 1 aliphatic heterocycles. The van der Waals surface area contributed by atoms with Gasteiger partial charge in [0.25, 0.3) is 0 Å². The third-order valence-corrected chi connectivity index (χ3v) is 5.77. The second-order valence-electron chi connectivity index (χ2n) is 8.70. The van der Waals surface area contributed by atoms with Gasteiger partial charge in [-0.05, 0) is 50.3 Å². The van der Waals surface area contributed by atoms with Gasteiger partial charge in [-0.3, -0.25) is 9.59 Å². The first-order valence-corrected chi connectivity index (χ1v) is 10.7. The molecule has 0 radical (unpaired) electrons. The Hall–Kier alpha value is -2.04. The topological polar surface area (TPSA) is 66.6 Å².